The first-order valence-corrected chi connectivity index (χ1v) is 11.3. The van der Waals surface area contributed by atoms with E-state index in [0.29, 0.717) is 19.4 Å². The quantitative estimate of drug-likeness (QED) is 0.732. The van der Waals surface area contributed by atoms with Crippen molar-refractivity contribution in [1.29, 1.82) is 0 Å². The number of ether oxygens (including phenoxy) is 1. The number of alkyl halides is 3. The number of amides is 2. The van der Waals surface area contributed by atoms with Crippen LogP contribution in [0.1, 0.15) is 42.0 Å². The number of carbonyl (C=O) groups excluding carboxylic acids is 2. The maximum Gasteiger partial charge on any atom is 0.430 e. The average molecular weight is 476 g/mol. The number of aromatic nitrogens is 1. The van der Waals surface area contributed by atoms with Crippen LogP contribution in [0, 0.1) is 12.3 Å². The van der Waals surface area contributed by atoms with Crippen LogP contribution in [0.2, 0.25) is 0 Å². The van der Waals surface area contributed by atoms with Gasteiger partial charge in [-0.1, -0.05) is 36.4 Å². The number of methoxy groups -OCH3 is 1. The number of halogens is 3. The molecule has 2 atom stereocenters. The van der Waals surface area contributed by atoms with Crippen molar-refractivity contribution in [3.63, 3.8) is 0 Å². The van der Waals surface area contributed by atoms with Crippen molar-refractivity contribution in [2.24, 2.45) is 5.41 Å². The van der Waals surface area contributed by atoms with Crippen LogP contribution in [0.3, 0.4) is 0 Å². The van der Waals surface area contributed by atoms with Gasteiger partial charge in [0.1, 0.15) is 0 Å². The van der Waals surface area contributed by atoms with E-state index in [1.807, 2.05) is 19.1 Å². The lowest BCUT2D eigenvalue weighted by Crippen LogP contribution is -2.60. The highest BCUT2D eigenvalue weighted by Crippen LogP contribution is 2.50. The van der Waals surface area contributed by atoms with E-state index in [-0.39, 0.29) is 36.9 Å². The van der Waals surface area contributed by atoms with Crippen LogP contribution < -0.4 is 5.32 Å². The summed E-state index contributed by atoms with van der Waals surface area (Å²) in [6.45, 7) is 2.56. The molecule has 34 heavy (non-hydrogen) atoms. The molecule has 4 rings (SSSR count). The Morgan fingerprint density at radius 3 is 2.41 bits per heavy atom. The minimum Gasteiger partial charge on any atom is -0.356 e. The second-order valence-electron chi connectivity index (χ2n) is 9.12. The zero-order valence-corrected chi connectivity index (χ0v) is 19.2. The summed E-state index contributed by atoms with van der Waals surface area (Å²) in [6, 6.07) is 10.8. The Labute approximate surface area is 196 Å². The number of likely N-dealkylation sites (tertiary alicyclic amines) is 1. The first-order valence-electron chi connectivity index (χ1n) is 11.3. The van der Waals surface area contributed by atoms with Crippen molar-refractivity contribution >= 4 is 11.8 Å². The van der Waals surface area contributed by atoms with E-state index in [9.17, 15) is 22.8 Å². The molecular formula is C25H28F3N3O3. The number of rotatable bonds is 4. The van der Waals surface area contributed by atoms with E-state index in [0.717, 1.165) is 18.4 Å². The van der Waals surface area contributed by atoms with Crippen molar-refractivity contribution in [1.82, 2.24) is 15.2 Å². The number of piperidine rings is 2. The highest BCUT2D eigenvalue weighted by atomic mass is 19.4. The van der Waals surface area contributed by atoms with Crippen LogP contribution in [0.25, 0.3) is 0 Å². The molecule has 2 saturated heterocycles. The molecule has 0 bridgehead atoms. The lowest BCUT2D eigenvalue weighted by Gasteiger charge is -2.50. The molecule has 1 aromatic heterocycles. The summed E-state index contributed by atoms with van der Waals surface area (Å²) in [6.07, 6.45) is -2.15. The molecule has 182 valence electrons. The van der Waals surface area contributed by atoms with Gasteiger partial charge >= 0.3 is 6.18 Å². The minimum absolute atomic E-state index is 0.0277. The molecule has 9 heteroatoms. The number of aryl methyl sites for hydroxylation is 1. The molecule has 6 nitrogen and oxygen atoms in total. The van der Waals surface area contributed by atoms with Crippen LogP contribution in [0.4, 0.5) is 13.2 Å². The van der Waals surface area contributed by atoms with Crippen LogP contribution in [-0.4, -0.2) is 54.6 Å². The lowest BCUT2D eigenvalue weighted by molar-refractivity contribution is -0.271. The zero-order valence-electron chi connectivity index (χ0n) is 19.2. The molecule has 2 fully saturated rings. The highest BCUT2D eigenvalue weighted by Gasteiger charge is 2.64. The zero-order chi connectivity index (χ0) is 24.6. The summed E-state index contributed by atoms with van der Waals surface area (Å²) in [7, 11) is 0.913. The van der Waals surface area contributed by atoms with Gasteiger partial charge in [0, 0.05) is 56.5 Å². The minimum atomic E-state index is -4.95. The first kappa shape index (κ1) is 24.2. The lowest BCUT2D eigenvalue weighted by atomic mass is 9.62. The second kappa shape index (κ2) is 9.02. The third kappa shape index (κ3) is 3.96. The Balaban J connectivity index is 1.63. The number of hydrogen-bond donors (Lipinski definition) is 1. The number of pyridine rings is 1. The fraction of sp³-hybridized carbons (Fsp3) is 0.480. The summed E-state index contributed by atoms with van der Waals surface area (Å²) in [5.74, 6) is -1.23. The van der Waals surface area contributed by atoms with Crippen molar-refractivity contribution in [3.05, 3.63) is 65.5 Å². The highest BCUT2D eigenvalue weighted by molar-refractivity contribution is 5.88. The van der Waals surface area contributed by atoms with Crippen molar-refractivity contribution in [2.75, 3.05) is 26.7 Å². The van der Waals surface area contributed by atoms with Gasteiger partial charge in [0.25, 0.3) is 11.5 Å². The van der Waals surface area contributed by atoms with Crippen LogP contribution in [-0.2, 0) is 19.9 Å². The Bertz CT molecular complexity index is 1050. The van der Waals surface area contributed by atoms with E-state index in [1.54, 1.807) is 12.3 Å². The molecule has 0 unspecified atom stereocenters. The Morgan fingerprint density at radius 2 is 1.82 bits per heavy atom. The fourth-order valence-electron chi connectivity index (χ4n) is 5.55. The second-order valence-corrected chi connectivity index (χ2v) is 9.12. The third-order valence-corrected chi connectivity index (χ3v) is 7.41. The Morgan fingerprint density at radius 1 is 1.15 bits per heavy atom. The molecule has 1 N–H and O–H groups in total. The van der Waals surface area contributed by atoms with E-state index in [2.05, 4.69) is 10.3 Å². The van der Waals surface area contributed by atoms with Gasteiger partial charge in [-0.3, -0.25) is 14.6 Å². The Kier molecular flexibility index (Phi) is 6.42. The van der Waals surface area contributed by atoms with Crippen LogP contribution >= 0.6 is 0 Å². The van der Waals surface area contributed by atoms with Gasteiger partial charge < -0.3 is 15.0 Å². The third-order valence-electron chi connectivity index (χ3n) is 7.41. The Hall–Kier alpha value is -2.94. The summed E-state index contributed by atoms with van der Waals surface area (Å²) in [5.41, 5.74) is -1.90. The van der Waals surface area contributed by atoms with Gasteiger partial charge in [-0.2, -0.15) is 13.2 Å². The molecule has 0 aliphatic carbocycles. The SMILES string of the molecule is CO[C@@](C(=O)N1CCC2(CC1)CC(=O)NC[C@@H]2c1cccnc1C)(c1ccccc1)C(F)(F)F. The van der Waals surface area contributed by atoms with Gasteiger partial charge in [-0.25, -0.2) is 0 Å². The predicted octanol–water partition coefficient (Wildman–Crippen LogP) is 3.71. The van der Waals surface area contributed by atoms with E-state index in [4.69, 9.17) is 4.74 Å². The molecule has 3 heterocycles. The molecule has 1 aromatic carbocycles. The summed E-state index contributed by atoms with van der Waals surface area (Å²) in [4.78, 5) is 31.4. The largest absolute Gasteiger partial charge is 0.430 e. The molecule has 2 aliphatic rings. The molecular weight excluding hydrogens is 447 g/mol. The maximum absolute atomic E-state index is 14.4. The monoisotopic (exact) mass is 475 g/mol. The number of nitrogens with zero attached hydrogens (tertiary/aromatic N) is 2. The van der Waals surface area contributed by atoms with Gasteiger partial charge in [-0.15, -0.1) is 0 Å². The topological polar surface area (TPSA) is 71.5 Å². The number of nitrogens with one attached hydrogen (secondary N) is 1. The van der Waals surface area contributed by atoms with E-state index in [1.165, 1.54) is 29.2 Å². The van der Waals surface area contributed by atoms with Crippen molar-refractivity contribution in [3.8, 4) is 0 Å². The maximum atomic E-state index is 14.4. The van der Waals surface area contributed by atoms with Crippen molar-refractivity contribution < 1.29 is 27.5 Å². The normalized spacial score (nSPS) is 22.2. The molecule has 2 aliphatic heterocycles. The first-order chi connectivity index (χ1) is 16.1. The standard InChI is InChI=1S/C25H28F3N3O3/c1-17-19(9-6-12-29-17)20-16-30-21(32)15-23(20)10-13-31(14-11-23)22(33)24(34-2,25(26,27)28)18-7-4-3-5-8-18/h3-9,12,20H,10-11,13-16H2,1-2H3,(H,30,32)/t20-,24-/m1/s1. The van der Waals surface area contributed by atoms with Gasteiger partial charge in [0.2, 0.25) is 5.91 Å². The summed E-state index contributed by atoms with van der Waals surface area (Å²) >= 11 is 0. The summed E-state index contributed by atoms with van der Waals surface area (Å²) < 4.78 is 48.1. The van der Waals surface area contributed by atoms with Gasteiger partial charge in [0.15, 0.2) is 0 Å². The average Bonchev–Trinajstić information content (AvgIpc) is 2.81. The van der Waals surface area contributed by atoms with Crippen molar-refractivity contribution in [2.45, 2.75) is 43.9 Å². The number of hydrogen-bond acceptors (Lipinski definition) is 4. The van der Waals surface area contributed by atoms with Gasteiger partial charge in [0.05, 0.1) is 0 Å². The molecule has 1 spiro atoms. The predicted molar refractivity (Wildman–Crippen MR) is 119 cm³/mol. The molecule has 0 radical (unpaired) electrons. The van der Waals surface area contributed by atoms with Crippen LogP contribution in [0.5, 0.6) is 0 Å². The van der Waals surface area contributed by atoms with Gasteiger partial charge in [-0.05, 0) is 36.8 Å². The number of benzene rings is 1. The number of carbonyl (C=O) groups is 2. The smallest absolute Gasteiger partial charge is 0.356 e. The van der Waals surface area contributed by atoms with E-state index < -0.39 is 23.1 Å². The van der Waals surface area contributed by atoms with Crippen LogP contribution in [0.15, 0.2) is 48.7 Å². The molecule has 2 aromatic rings. The fourth-order valence-corrected chi connectivity index (χ4v) is 5.55. The molecule has 0 saturated carbocycles. The summed E-state index contributed by atoms with van der Waals surface area (Å²) in [5, 5.41) is 2.92. The van der Waals surface area contributed by atoms with E-state index >= 15 is 0 Å². The molecule has 2 amide bonds.